The van der Waals surface area contributed by atoms with Crippen LogP contribution in [0.4, 0.5) is 0 Å². The highest BCUT2D eigenvalue weighted by atomic mass is 16.5. The van der Waals surface area contributed by atoms with E-state index in [4.69, 9.17) is 4.74 Å². The molecule has 0 aromatic heterocycles. The SMILES string of the molecule is C=C(CCN(C)C)OCC(CCCCCCCC/C=C\C/C=C\CCCCC)CCCCCCCC/C=C\CCCCCCCC. The predicted molar refractivity (Wildman–Crippen MR) is 210 cm³/mol. The van der Waals surface area contributed by atoms with Crippen molar-refractivity contribution in [1.82, 2.24) is 4.90 Å². The molecule has 0 fully saturated rings. The van der Waals surface area contributed by atoms with E-state index < -0.39 is 0 Å². The van der Waals surface area contributed by atoms with Crippen molar-refractivity contribution < 1.29 is 4.74 Å². The average Bonchev–Trinajstić information content (AvgIpc) is 3.05. The molecule has 0 amide bonds. The fourth-order valence-electron chi connectivity index (χ4n) is 6.07. The van der Waals surface area contributed by atoms with Crippen molar-refractivity contribution in [2.24, 2.45) is 5.92 Å². The molecule has 270 valence electrons. The van der Waals surface area contributed by atoms with Gasteiger partial charge in [0.1, 0.15) is 0 Å². The predicted octanol–water partition coefficient (Wildman–Crippen LogP) is 14.7. The lowest BCUT2D eigenvalue weighted by molar-refractivity contribution is 0.142. The van der Waals surface area contributed by atoms with Gasteiger partial charge in [-0.2, -0.15) is 0 Å². The summed E-state index contributed by atoms with van der Waals surface area (Å²) < 4.78 is 6.18. The number of allylic oxidation sites excluding steroid dienone is 6. The minimum absolute atomic E-state index is 0.693. The Morgan fingerprint density at radius 2 is 0.891 bits per heavy atom. The van der Waals surface area contributed by atoms with Gasteiger partial charge in [-0.3, -0.25) is 0 Å². The van der Waals surface area contributed by atoms with Crippen molar-refractivity contribution in [2.45, 2.75) is 200 Å². The van der Waals surface area contributed by atoms with Crippen LogP contribution in [0.25, 0.3) is 0 Å². The standard InChI is InChI=1S/C44H83NO/c1-6-8-10-12-14-16-18-20-22-24-26-28-30-32-34-36-38-44(42-46-43(3)40-41-45(4)5)39-37-35-33-31-29-27-25-23-21-19-17-15-13-11-9-7-2/h14,16,20-23,44H,3,6-13,15,17-19,24-42H2,1-2,4-5H3/b16-14-,22-20-,23-21-. The van der Waals surface area contributed by atoms with Crippen molar-refractivity contribution in [1.29, 1.82) is 0 Å². The lowest BCUT2D eigenvalue weighted by Crippen LogP contribution is -2.15. The van der Waals surface area contributed by atoms with Crippen molar-refractivity contribution in [3.8, 4) is 0 Å². The summed E-state index contributed by atoms with van der Waals surface area (Å²) in [6.45, 7) is 10.7. The highest BCUT2D eigenvalue weighted by Crippen LogP contribution is 2.21. The maximum absolute atomic E-state index is 6.18. The number of hydrogen-bond acceptors (Lipinski definition) is 2. The van der Waals surface area contributed by atoms with Crippen LogP contribution >= 0.6 is 0 Å². The minimum Gasteiger partial charge on any atom is -0.498 e. The van der Waals surface area contributed by atoms with Gasteiger partial charge in [0.25, 0.3) is 0 Å². The molecule has 0 heterocycles. The molecular weight excluding hydrogens is 558 g/mol. The second-order valence-electron chi connectivity index (χ2n) is 14.4. The summed E-state index contributed by atoms with van der Waals surface area (Å²) in [7, 11) is 4.24. The van der Waals surface area contributed by atoms with Crippen LogP contribution in [0, 0.1) is 5.92 Å². The van der Waals surface area contributed by atoms with Crippen molar-refractivity contribution in [2.75, 3.05) is 27.2 Å². The highest BCUT2D eigenvalue weighted by molar-refractivity contribution is 4.92. The topological polar surface area (TPSA) is 12.5 Å². The normalized spacial score (nSPS) is 12.8. The third-order valence-corrected chi connectivity index (χ3v) is 9.30. The highest BCUT2D eigenvalue weighted by Gasteiger charge is 2.11. The molecule has 0 rings (SSSR count). The van der Waals surface area contributed by atoms with Crippen molar-refractivity contribution in [3.05, 3.63) is 48.8 Å². The maximum atomic E-state index is 6.18. The summed E-state index contributed by atoms with van der Waals surface area (Å²) in [6, 6.07) is 0. The van der Waals surface area contributed by atoms with Crippen LogP contribution in [0.15, 0.2) is 48.8 Å². The van der Waals surface area contributed by atoms with E-state index in [2.05, 4.69) is 75.9 Å². The van der Waals surface area contributed by atoms with E-state index in [9.17, 15) is 0 Å². The molecule has 0 aromatic rings. The van der Waals surface area contributed by atoms with Crippen molar-refractivity contribution >= 4 is 0 Å². The zero-order valence-corrected chi connectivity index (χ0v) is 32.0. The second kappa shape index (κ2) is 38.2. The van der Waals surface area contributed by atoms with Crippen LogP contribution in [0.3, 0.4) is 0 Å². The molecule has 46 heavy (non-hydrogen) atoms. The van der Waals surface area contributed by atoms with E-state index in [0.717, 1.165) is 31.8 Å². The molecule has 0 saturated carbocycles. The first-order valence-electron chi connectivity index (χ1n) is 20.5. The molecule has 2 nitrogen and oxygen atoms in total. The zero-order valence-electron chi connectivity index (χ0n) is 32.0. The Morgan fingerprint density at radius 3 is 1.35 bits per heavy atom. The van der Waals surface area contributed by atoms with Gasteiger partial charge < -0.3 is 9.64 Å². The molecule has 0 aliphatic carbocycles. The Morgan fingerprint density at radius 1 is 0.522 bits per heavy atom. The molecule has 2 heteroatoms. The number of rotatable bonds is 37. The van der Waals surface area contributed by atoms with Crippen LogP contribution in [0.5, 0.6) is 0 Å². The molecule has 0 radical (unpaired) electrons. The van der Waals surface area contributed by atoms with Gasteiger partial charge in [-0.15, -0.1) is 0 Å². The molecule has 0 bridgehead atoms. The Bertz CT molecular complexity index is 690. The van der Waals surface area contributed by atoms with Crippen LogP contribution in [-0.4, -0.2) is 32.1 Å². The number of hydrogen-bond donors (Lipinski definition) is 0. The average molecular weight is 642 g/mol. The zero-order chi connectivity index (χ0) is 33.6. The number of nitrogens with zero attached hydrogens (tertiary/aromatic N) is 1. The Hall–Kier alpha value is -1.28. The minimum atomic E-state index is 0.693. The third kappa shape index (κ3) is 37.2. The van der Waals surface area contributed by atoms with Crippen LogP contribution in [-0.2, 0) is 4.74 Å². The summed E-state index contributed by atoms with van der Waals surface area (Å²) in [6.07, 6.45) is 53.1. The van der Waals surface area contributed by atoms with Crippen LogP contribution in [0.1, 0.15) is 200 Å². The van der Waals surface area contributed by atoms with E-state index in [1.807, 2.05) is 0 Å². The van der Waals surface area contributed by atoms with Crippen LogP contribution in [0.2, 0.25) is 0 Å². The summed E-state index contributed by atoms with van der Waals surface area (Å²) in [5.41, 5.74) is 0. The number of unbranched alkanes of at least 4 members (excludes halogenated alkanes) is 21. The van der Waals surface area contributed by atoms with Gasteiger partial charge in [0, 0.05) is 13.0 Å². The molecular formula is C44H83NO. The fraction of sp³-hybridized carbons (Fsp3) is 0.818. The van der Waals surface area contributed by atoms with Gasteiger partial charge >= 0.3 is 0 Å². The molecule has 0 saturated heterocycles. The third-order valence-electron chi connectivity index (χ3n) is 9.30. The molecule has 0 spiro atoms. The van der Waals surface area contributed by atoms with Crippen molar-refractivity contribution in [3.63, 3.8) is 0 Å². The van der Waals surface area contributed by atoms with Gasteiger partial charge in [0.2, 0.25) is 0 Å². The lowest BCUT2D eigenvalue weighted by atomic mass is 9.94. The lowest BCUT2D eigenvalue weighted by Gasteiger charge is -2.19. The van der Waals surface area contributed by atoms with E-state index in [1.54, 1.807) is 0 Å². The van der Waals surface area contributed by atoms with Gasteiger partial charge in [-0.1, -0.05) is 166 Å². The molecule has 1 unspecified atom stereocenters. The first-order valence-corrected chi connectivity index (χ1v) is 20.5. The molecule has 1 atom stereocenters. The first kappa shape index (κ1) is 44.7. The Labute approximate surface area is 291 Å². The largest absolute Gasteiger partial charge is 0.498 e. The quantitative estimate of drug-likeness (QED) is 0.0380. The van der Waals surface area contributed by atoms with E-state index >= 15 is 0 Å². The first-order chi connectivity index (χ1) is 22.6. The van der Waals surface area contributed by atoms with Gasteiger partial charge in [0.05, 0.1) is 12.4 Å². The molecule has 0 aromatic carbocycles. The summed E-state index contributed by atoms with van der Waals surface area (Å²) >= 11 is 0. The smallest absolute Gasteiger partial charge is 0.0905 e. The maximum Gasteiger partial charge on any atom is 0.0905 e. The fourth-order valence-corrected chi connectivity index (χ4v) is 6.07. The summed E-state index contributed by atoms with van der Waals surface area (Å²) in [4.78, 5) is 2.21. The van der Waals surface area contributed by atoms with Crippen LogP contribution < -0.4 is 0 Å². The Kier molecular flexibility index (Phi) is 37.1. The van der Waals surface area contributed by atoms with E-state index in [0.29, 0.717) is 5.92 Å². The second-order valence-corrected chi connectivity index (χ2v) is 14.4. The van der Waals surface area contributed by atoms with Gasteiger partial charge in [-0.05, 0) is 90.6 Å². The Balaban J connectivity index is 3.97. The monoisotopic (exact) mass is 642 g/mol. The molecule has 0 N–H and O–H groups in total. The van der Waals surface area contributed by atoms with E-state index in [1.165, 1.54) is 173 Å². The number of ether oxygens (including phenoxy) is 1. The summed E-state index contributed by atoms with van der Waals surface area (Å²) in [5.74, 6) is 1.66. The molecule has 0 aliphatic heterocycles. The van der Waals surface area contributed by atoms with Gasteiger partial charge in [0.15, 0.2) is 0 Å². The molecule has 0 aliphatic rings. The summed E-state index contributed by atoms with van der Waals surface area (Å²) in [5, 5.41) is 0. The van der Waals surface area contributed by atoms with E-state index in [-0.39, 0.29) is 0 Å². The van der Waals surface area contributed by atoms with Gasteiger partial charge in [-0.25, -0.2) is 0 Å².